The molecule has 1 aliphatic rings. The molecule has 3 heteroatoms. The molecule has 0 aromatic carbocycles. The molecule has 18 heavy (non-hydrogen) atoms. The molecule has 0 aliphatic heterocycles. The monoisotopic (exact) mass is 272 g/mol. The van der Waals surface area contributed by atoms with Crippen LogP contribution >= 0.6 is 0 Å². The second kappa shape index (κ2) is 8.34. The van der Waals surface area contributed by atoms with E-state index < -0.39 is 8.56 Å². The zero-order valence-electron chi connectivity index (χ0n) is 12.8. The van der Waals surface area contributed by atoms with Gasteiger partial charge in [0.2, 0.25) is 0 Å². The van der Waals surface area contributed by atoms with Gasteiger partial charge in [0.25, 0.3) is 0 Å². The Balaban J connectivity index is 2.73. The molecule has 1 aliphatic carbocycles. The van der Waals surface area contributed by atoms with Crippen LogP contribution in [-0.2, 0) is 8.85 Å². The summed E-state index contributed by atoms with van der Waals surface area (Å²) in [7, 11) is -1.96. The van der Waals surface area contributed by atoms with Gasteiger partial charge in [0.05, 0.1) is 0 Å². The van der Waals surface area contributed by atoms with Gasteiger partial charge in [0.1, 0.15) is 0 Å². The zero-order valence-corrected chi connectivity index (χ0v) is 13.8. The summed E-state index contributed by atoms with van der Waals surface area (Å²) in [4.78, 5) is 0. The maximum absolute atomic E-state index is 6.28. The molecule has 0 radical (unpaired) electrons. The number of hydrogen-bond acceptors (Lipinski definition) is 2. The summed E-state index contributed by atoms with van der Waals surface area (Å²) in [5.41, 5.74) is 0.741. The molecule has 0 amide bonds. The molecular weight excluding hydrogens is 240 g/mol. The van der Waals surface area contributed by atoms with Crippen molar-refractivity contribution < 1.29 is 8.85 Å². The summed E-state index contributed by atoms with van der Waals surface area (Å²) in [5.74, 6) is 0.751. The third kappa shape index (κ3) is 4.67. The van der Waals surface area contributed by atoms with Crippen LogP contribution in [0.4, 0.5) is 0 Å². The summed E-state index contributed by atoms with van der Waals surface area (Å²) >= 11 is 0. The van der Waals surface area contributed by atoms with Crippen LogP contribution in [0, 0.1) is 5.92 Å². The van der Waals surface area contributed by atoms with E-state index in [0.717, 1.165) is 24.7 Å². The fourth-order valence-corrected chi connectivity index (χ4v) is 7.64. The lowest BCUT2D eigenvalue weighted by Gasteiger charge is -2.39. The Labute approximate surface area is 115 Å². The van der Waals surface area contributed by atoms with Crippen LogP contribution in [0.15, 0.2) is 0 Å². The Morgan fingerprint density at radius 1 is 1.00 bits per heavy atom. The summed E-state index contributed by atoms with van der Waals surface area (Å²) < 4.78 is 12.6. The first-order valence-corrected chi connectivity index (χ1v) is 10.0. The minimum absolute atomic E-state index is 0.741. The Morgan fingerprint density at radius 3 is 2.00 bits per heavy atom. The standard InChI is InChI=1S/C15H32O2Si/c1-5-16-18(17-6-2,13-12-14(3)4)15-10-8-7-9-11-15/h14-15H,5-13H2,1-4H3. The van der Waals surface area contributed by atoms with Crippen molar-refractivity contribution in [2.24, 2.45) is 5.92 Å². The third-order valence-corrected chi connectivity index (χ3v) is 8.44. The molecule has 0 saturated heterocycles. The van der Waals surface area contributed by atoms with Crippen LogP contribution in [0.2, 0.25) is 11.6 Å². The first kappa shape index (κ1) is 16.2. The van der Waals surface area contributed by atoms with Crippen LogP contribution in [0.3, 0.4) is 0 Å². The maximum Gasteiger partial charge on any atom is 0.341 e. The zero-order chi connectivity index (χ0) is 13.4. The molecule has 2 nitrogen and oxygen atoms in total. The number of hydrogen-bond donors (Lipinski definition) is 0. The van der Waals surface area contributed by atoms with E-state index in [0.29, 0.717) is 0 Å². The van der Waals surface area contributed by atoms with E-state index in [-0.39, 0.29) is 0 Å². The minimum Gasteiger partial charge on any atom is -0.394 e. The van der Waals surface area contributed by atoms with Crippen LogP contribution in [0.5, 0.6) is 0 Å². The fourth-order valence-electron chi connectivity index (χ4n) is 3.15. The highest BCUT2D eigenvalue weighted by atomic mass is 28.4. The number of rotatable bonds is 8. The van der Waals surface area contributed by atoms with Crippen LogP contribution in [0.1, 0.15) is 66.2 Å². The van der Waals surface area contributed by atoms with Gasteiger partial charge in [-0.05, 0) is 45.1 Å². The van der Waals surface area contributed by atoms with Gasteiger partial charge in [-0.3, -0.25) is 0 Å². The summed E-state index contributed by atoms with van der Waals surface area (Å²) in [6.45, 7) is 10.5. The Kier molecular flexibility index (Phi) is 7.50. The average Bonchev–Trinajstić information content (AvgIpc) is 2.37. The molecule has 0 bridgehead atoms. The topological polar surface area (TPSA) is 18.5 Å². The lowest BCUT2D eigenvalue weighted by Crippen LogP contribution is -2.48. The average molecular weight is 273 g/mol. The molecule has 1 rings (SSSR count). The summed E-state index contributed by atoms with van der Waals surface area (Å²) in [6.07, 6.45) is 8.09. The first-order chi connectivity index (χ1) is 8.64. The summed E-state index contributed by atoms with van der Waals surface area (Å²) in [5, 5.41) is 0. The van der Waals surface area contributed by atoms with E-state index in [1.54, 1.807) is 0 Å². The van der Waals surface area contributed by atoms with Crippen molar-refractivity contribution in [3.05, 3.63) is 0 Å². The third-order valence-electron chi connectivity index (χ3n) is 4.07. The van der Waals surface area contributed by atoms with Crippen molar-refractivity contribution in [3.8, 4) is 0 Å². The van der Waals surface area contributed by atoms with Crippen LogP contribution in [-0.4, -0.2) is 21.8 Å². The molecule has 0 atom stereocenters. The second-order valence-corrected chi connectivity index (χ2v) is 9.46. The molecule has 108 valence electrons. The lowest BCUT2D eigenvalue weighted by atomic mass is 10.0. The highest BCUT2D eigenvalue weighted by Gasteiger charge is 2.45. The van der Waals surface area contributed by atoms with Crippen molar-refractivity contribution in [3.63, 3.8) is 0 Å². The van der Waals surface area contributed by atoms with Crippen LogP contribution in [0.25, 0.3) is 0 Å². The molecule has 0 N–H and O–H groups in total. The van der Waals surface area contributed by atoms with Gasteiger partial charge in [-0.2, -0.15) is 0 Å². The second-order valence-electron chi connectivity index (χ2n) is 5.95. The largest absolute Gasteiger partial charge is 0.394 e. The molecule has 0 aromatic rings. The smallest absolute Gasteiger partial charge is 0.341 e. The molecule has 0 unspecified atom stereocenters. The minimum atomic E-state index is -1.96. The molecule has 0 heterocycles. The maximum atomic E-state index is 6.28. The van der Waals surface area contributed by atoms with Gasteiger partial charge >= 0.3 is 8.56 Å². The Hall–Kier alpha value is 0.137. The highest BCUT2D eigenvalue weighted by Crippen LogP contribution is 2.41. The molecule has 1 fully saturated rings. The fraction of sp³-hybridized carbons (Fsp3) is 1.00. The van der Waals surface area contributed by atoms with Crippen molar-refractivity contribution in [2.75, 3.05) is 13.2 Å². The van der Waals surface area contributed by atoms with Gasteiger partial charge in [0, 0.05) is 18.8 Å². The van der Waals surface area contributed by atoms with Crippen molar-refractivity contribution in [2.45, 2.75) is 77.8 Å². The van der Waals surface area contributed by atoms with Gasteiger partial charge in [0.15, 0.2) is 0 Å². The normalized spacial score (nSPS) is 18.5. The predicted molar refractivity (Wildman–Crippen MR) is 80.1 cm³/mol. The van der Waals surface area contributed by atoms with Crippen molar-refractivity contribution in [1.82, 2.24) is 0 Å². The first-order valence-electron chi connectivity index (χ1n) is 7.92. The molecule has 0 aromatic heterocycles. The van der Waals surface area contributed by atoms with Gasteiger partial charge < -0.3 is 8.85 Å². The Morgan fingerprint density at radius 2 is 1.56 bits per heavy atom. The van der Waals surface area contributed by atoms with Gasteiger partial charge in [-0.1, -0.05) is 33.1 Å². The van der Waals surface area contributed by atoms with Gasteiger partial charge in [-0.25, -0.2) is 0 Å². The lowest BCUT2D eigenvalue weighted by molar-refractivity contribution is 0.162. The highest BCUT2D eigenvalue weighted by molar-refractivity contribution is 6.69. The predicted octanol–water partition coefficient (Wildman–Crippen LogP) is 4.88. The van der Waals surface area contributed by atoms with E-state index in [2.05, 4.69) is 27.7 Å². The van der Waals surface area contributed by atoms with E-state index in [9.17, 15) is 0 Å². The van der Waals surface area contributed by atoms with Crippen LogP contribution < -0.4 is 0 Å². The van der Waals surface area contributed by atoms with Crippen molar-refractivity contribution in [1.29, 1.82) is 0 Å². The van der Waals surface area contributed by atoms with Gasteiger partial charge in [-0.15, -0.1) is 0 Å². The van der Waals surface area contributed by atoms with E-state index >= 15 is 0 Å². The molecule has 1 saturated carbocycles. The SMILES string of the molecule is CCO[Si](CCC(C)C)(OCC)C1CCCCC1. The van der Waals surface area contributed by atoms with E-state index in [1.807, 2.05) is 0 Å². The Bertz CT molecular complexity index is 207. The van der Waals surface area contributed by atoms with E-state index in [1.165, 1.54) is 44.6 Å². The quantitative estimate of drug-likeness (QED) is 0.586. The van der Waals surface area contributed by atoms with E-state index in [4.69, 9.17) is 8.85 Å². The molecular formula is C15H32O2Si. The van der Waals surface area contributed by atoms with Crippen molar-refractivity contribution >= 4 is 8.56 Å². The summed E-state index contributed by atoms with van der Waals surface area (Å²) in [6, 6.07) is 1.19. The molecule has 0 spiro atoms.